The molecule has 5 atom stereocenters. The maximum absolute atomic E-state index is 12.7. The van der Waals surface area contributed by atoms with Crippen molar-refractivity contribution in [3.8, 4) is 0 Å². The van der Waals surface area contributed by atoms with Crippen LogP contribution in [0.2, 0.25) is 0 Å². The van der Waals surface area contributed by atoms with Crippen molar-refractivity contribution in [1.29, 1.82) is 0 Å². The normalized spacial score (nSPS) is 15.4. The summed E-state index contributed by atoms with van der Waals surface area (Å²) in [6, 6.07) is -5.66. The largest absolute Gasteiger partial charge is 0.481 e. The van der Waals surface area contributed by atoms with E-state index in [0.717, 1.165) is 0 Å². The van der Waals surface area contributed by atoms with Crippen LogP contribution in [0.1, 0.15) is 32.6 Å². The van der Waals surface area contributed by atoms with Crippen LogP contribution in [-0.4, -0.2) is 86.9 Å². The predicted octanol–water partition coefficient (Wildman–Crippen LogP) is -3.71. The summed E-state index contributed by atoms with van der Waals surface area (Å²) in [5.74, 6) is -6.48. The van der Waals surface area contributed by atoms with Crippen LogP contribution in [-0.2, 0) is 28.8 Å². The van der Waals surface area contributed by atoms with Crippen molar-refractivity contribution in [1.82, 2.24) is 16.0 Å². The Morgan fingerprint density at radius 2 is 1.44 bits per heavy atom. The number of hydrogen-bond acceptors (Lipinski definition) is 9. The number of aliphatic carboxylic acids is 2. The molecule has 0 aromatic carbocycles. The minimum absolute atomic E-state index is 0.218. The number of nitrogens with one attached hydrogen (secondary N) is 3. The highest BCUT2D eigenvalue weighted by molar-refractivity contribution is 7.80. The van der Waals surface area contributed by atoms with Gasteiger partial charge in [0, 0.05) is 18.6 Å². The summed E-state index contributed by atoms with van der Waals surface area (Å²) in [4.78, 5) is 70.0. The fourth-order valence-electron chi connectivity index (χ4n) is 2.35. The first-order valence-electron chi connectivity index (χ1n) is 9.48. The number of aliphatic hydroxyl groups excluding tert-OH is 1. The van der Waals surface area contributed by atoms with Gasteiger partial charge in [-0.15, -0.1) is 0 Å². The molecule has 0 radical (unpaired) electrons. The highest BCUT2D eigenvalue weighted by atomic mass is 32.1. The number of carboxylic acids is 2. The van der Waals surface area contributed by atoms with Crippen LogP contribution in [0.5, 0.6) is 0 Å². The maximum Gasteiger partial charge on any atom is 0.327 e. The van der Waals surface area contributed by atoms with E-state index >= 15 is 0 Å². The summed E-state index contributed by atoms with van der Waals surface area (Å²) >= 11 is 3.80. The molecule has 10 N–H and O–H groups in total. The van der Waals surface area contributed by atoms with Gasteiger partial charge in [-0.25, -0.2) is 4.79 Å². The van der Waals surface area contributed by atoms with Crippen molar-refractivity contribution in [2.24, 2.45) is 11.5 Å². The zero-order valence-corrected chi connectivity index (χ0v) is 18.2. The van der Waals surface area contributed by atoms with Crippen molar-refractivity contribution < 1.29 is 44.1 Å². The molecule has 0 saturated carbocycles. The molecule has 0 fully saturated rings. The number of carbonyl (C=O) groups excluding carboxylic acids is 4. The quantitative estimate of drug-likeness (QED) is 0.104. The first-order chi connectivity index (χ1) is 14.8. The van der Waals surface area contributed by atoms with Gasteiger partial charge in [0.25, 0.3) is 0 Å². The molecule has 0 heterocycles. The first kappa shape index (κ1) is 29.1. The number of thiol groups is 1. The standard InChI is InChI=1S/C17H29N5O9S/c1-7(23)13(16(29)21-10(6-32)17(30)31)22-15(28)9(3-4-11(19)24)20-14(27)8(18)2-5-12(25)26/h7-10,13,23,32H,2-6,18H2,1H3,(H2,19,24)(H,20,27)(H,21,29)(H,22,28)(H,25,26)(H,30,31). The lowest BCUT2D eigenvalue weighted by Crippen LogP contribution is -2.60. The number of carbonyl (C=O) groups is 6. The van der Waals surface area contributed by atoms with Crippen molar-refractivity contribution in [3.63, 3.8) is 0 Å². The second kappa shape index (κ2) is 14.2. The molecule has 0 aromatic rings. The molecular weight excluding hydrogens is 450 g/mol. The van der Waals surface area contributed by atoms with Crippen LogP contribution < -0.4 is 27.4 Å². The van der Waals surface area contributed by atoms with Gasteiger partial charge in [-0.05, 0) is 19.8 Å². The number of carboxylic acid groups (broad SMARTS) is 2. The molecule has 0 aromatic heterocycles. The van der Waals surface area contributed by atoms with Gasteiger partial charge in [-0.2, -0.15) is 12.6 Å². The van der Waals surface area contributed by atoms with Gasteiger partial charge >= 0.3 is 11.9 Å². The smallest absolute Gasteiger partial charge is 0.327 e. The van der Waals surface area contributed by atoms with E-state index in [1.165, 1.54) is 6.92 Å². The Labute approximate surface area is 188 Å². The second-order valence-corrected chi connectivity index (χ2v) is 7.28. The lowest BCUT2D eigenvalue weighted by molar-refractivity contribution is -0.142. The summed E-state index contributed by atoms with van der Waals surface area (Å²) in [5.41, 5.74) is 10.7. The SMILES string of the molecule is CC(O)C(NC(=O)C(CCC(N)=O)NC(=O)C(N)CCC(=O)O)C(=O)NC(CS)C(=O)O. The van der Waals surface area contributed by atoms with Crippen LogP contribution in [0, 0.1) is 0 Å². The molecule has 14 nitrogen and oxygen atoms in total. The summed E-state index contributed by atoms with van der Waals surface area (Å²) in [6.07, 6.45) is -2.67. The van der Waals surface area contributed by atoms with E-state index in [2.05, 4.69) is 28.6 Å². The lowest BCUT2D eigenvalue weighted by atomic mass is 10.1. The summed E-state index contributed by atoms with van der Waals surface area (Å²) in [5, 5.41) is 34.1. The van der Waals surface area contributed by atoms with Crippen LogP contribution in [0.15, 0.2) is 0 Å². The fourth-order valence-corrected chi connectivity index (χ4v) is 2.60. The van der Waals surface area contributed by atoms with Crippen molar-refractivity contribution in [2.75, 3.05) is 5.75 Å². The van der Waals surface area contributed by atoms with Crippen LogP contribution in [0.4, 0.5) is 0 Å². The van der Waals surface area contributed by atoms with E-state index in [0.29, 0.717) is 0 Å². The van der Waals surface area contributed by atoms with Gasteiger partial charge in [-0.1, -0.05) is 0 Å². The van der Waals surface area contributed by atoms with Crippen molar-refractivity contribution >= 4 is 48.2 Å². The van der Waals surface area contributed by atoms with Crippen LogP contribution in [0.3, 0.4) is 0 Å². The minimum atomic E-state index is -1.60. The Kier molecular flexibility index (Phi) is 12.9. The van der Waals surface area contributed by atoms with E-state index in [4.69, 9.17) is 21.7 Å². The number of amides is 4. The molecule has 0 aliphatic rings. The van der Waals surface area contributed by atoms with E-state index in [1.54, 1.807) is 0 Å². The lowest BCUT2D eigenvalue weighted by Gasteiger charge is -2.26. The number of aliphatic hydroxyl groups is 1. The predicted molar refractivity (Wildman–Crippen MR) is 112 cm³/mol. The molecule has 0 saturated heterocycles. The Bertz CT molecular complexity index is 719. The van der Waals surface area contributed by atoms with Gasteiger partial charge in [0.2, 0.25) is 23.6 Å². The van der Waals surface area contributed by atoms with Gasteiger partial charge in [0.1, 0.15) is 18.1 Å². The molecule has 32 heavy (non-hydrogen) atoms. The molecule has 0 bridgehead atoms. The van der Waals surface area contributed by atoms with Crippen molar-refractivity contribution in [2.45, 2.75) is 62.9 Å². The zero-order chi connectivity index (χ0) is 25.0. The van der Waals surface area contributed by atoms with Crippen LogP contribution in [0.25, 0.3) is 0 Å². The monoisotopic (exact) mass is 479 g/mol. The molecule has 0 aliphatic heterocycles. The van der Waals surface area contributed by atoms with E-state index < -0.39 is 72.3 Å². The summed E-state index contributed by atoms with van der Waals surface area (Å²) in [6.45, 7) is 1.17. The number of primary amides is 1. The highest BCUT2D eigenvalue weighted by Crippen LogP contribution is 2.04. The van der Waals surface area contributed by atoms with Gasteiger partial charge in [0.05, 0.1) is 12.1 Å². The highest BCUT2D eigenvalue weighted by Gasteiger charge is 2.32. The van der Waals surface area contributed by atoms with E-state index in [-0.39, 0.29) is 25.0 Å². The number of rotatable bonds is 15. The molecule has 4 amide bonds. The molecular formula is C17H29N5O9S. The van der Waals surface area contributed by atoms with Gasteiger partial charge < -0.3 is 42.7 Å². The fraction of sp³-hybridized carbons (Fsp3) is 0.647. The Morgan fingerprint density at radius 1 is 0.875 bits per heavy atom. The Balaban J connectivity index is 5.38. The second-order valence-electron chi connectivity index (χ2n) is 6.91. The van der Waals surface area contributed by atoms with Crippen molar-refractivity contribution in [3.05, 3.63) is 0 Å². The summed E-state index contributed by atoms with van der Waals surface area (Å²) in [7, 11) is 0. The minimum Gasteiger partial charge on any atom is -0.481 e. The molecule has 0 aliphatic carbocycles. The average molecular weight is 480 g/mol. The third kappa shape index (κ3) is 10.9. The Hall–Kier alpha value is -2.91. The topological polar surface area (TPSA) is 251 Å². The zero-order valence-electron chi connectivity index (χ0n) is 17.3. The van der Waals surface area contributed by atoms with E-state index in [9.17, 15) is 33.9 Å². The molecule has 182 valence electrons. The third-order valence-electron chi connectivity index (χ3n) is 4.18. The maximum atomic E-state index is 12.7. The number of hydrogen-bond donors (Lipinski definition) is 9. The average Bonchev–Trinajstić information content (AvgIpc) is 2.69. The van der Waals surface area contributed by atoms with E-state index in [1.807, 2.05) is 0 Å². The molecule has 15 heteroatoms. The Morgan fingerprint density at radius 3 is 1.88 bits per heavy atom. The summed E-state index contributed by atoms with van der Waals surface area (Å²) < 4.78 is 0. The number of nitrogens with two attached hydrogens (primary N) is 2. The first-order valence-corrected chi connectivity index (χ1v) is 10.1. The molecule has 5 unspecified atom stereocenters. The molecule has 0 rings (SSSR count). The molecule has 0 spiro atoms. The van der Waals surface area contributed by atoms with Gasteiger partial charge in [-0.3, -0.25) is 24.0 Å². The van der Waals surface area contributed by atoms with Gasteiger partial charge in [0.15, 0.2) is 0 Å². The third-order valence-corrected chi connectivity index (χ3v) is 4.54. The van der Waals surface area contributed by atoms with Crippen LogP contribution >= 0.6 is 12.6 Å².